The van der Waals surface area contributed by atoms with Gasteiger partial charge in [-0.05, 0) is 98.7 Å². The van der Waals surface area contributed by atoms with Crippen LogP contribution in [0.3, 0.4) is 0 Å². The Morgan fingerprint density at radius 1 is 0.972 bits per heavy atom. The highest BCUT2D eigenvalue weighted by atomic mass is 19.1. The van der Waals surface area contributed by atoms with Crippen molar-refractivity contribution in [1.29, 1.82) is 0 Å². The number of rotatable bonds is 6. The minimum absolute atomic E-state index is 0.0467. The van der Waals surface area contributed by atoms with Gasteiger partial charge in [-0.3, -0.25) is 0 Å². The first-order valence-electron chi connectivity index (χ1n) is 12.7. The molecule has 4 aromatic rings. The van der Waals surface area contributed by atoms with E-state index in [1.54, 1.807) is 18.2 Å². The van der Waals surface area contributed by atoms with Gasteiger partial charge in [0.1, 0.15) is 23.6 Å². The summed E-state index contributed by atoms with van der Waals surface area (Å²) in [5, 5.41) is 0. The van der Waals surface area contributed by atoms with Crippen LogP contribution in [-0.4, -0.2) is 9.97 Å². The van der Waals surface area contributed by atoms with E-state index >= 15 is 8.78 Å². The summed E-state index contributed by atoms with van der Waals surface area (Å²) < 4.78 is 44.0. The average molecular weight is 489 g/mol. The van der Waals surface area contributed by atoms with E-state index in [0.717, 1.165) is 25.2 Å². The van der Waals surface area contributed by atoms with Crippen molar-refractivity contribution in [2.75, 3.05) is 0 Å². The Kier molecular flexibility index (Phi) is 6.74. The van der Waals surface area contributed by atoms with Crippen molar-refractivity contribution >= 4 is 11.0 Å². The summed E-state index contributed by atoms with van der Waals surface area (Å²) in [7, 11) is 0. The van der Waals surface area contributed by atoms with Crippen LogP contribution in [-0.2, 0) is 0 Å². The van der Waals surface area contributed by atoms with Crippen LogP contribution in [0.1, 0.15) is 69.2 Å². The third kappa shape index (κ3) is 4.97. The smallest absolute Gasteiger partial charge is 0.141 e. The number of fused-ring (bicyclic) bond motifs is 1. The molecule has 0 bridgehead atoms. The zero-order valence-electron chi connectivity index (χ0n) is 20.8. The molecule has 1 heterocycles. The molecule has 0 saturated heterocycles. The van der Waals surface area contributed by atoms with Gasteiger partial charge in [-0.1, -0.05) is 35.9 Å². The van der Waals surface area contributed by atoms with Crippen molar-refractivity contribution in [3.05, 3.63) is 89.5 Å². The van der Waals surface area contributed by atoms with Crippen LogP contribution < -0.4 is 0 Å². The normalized spacial score (nSPS) is 18.9. The fourth-order valence-corrected chi connectivity index (χ4v) is 5.48. The molecule has 1 atom stereocenters. The molecule has 1 aromatic heterocycles. The SMILES string of the molecule is C=C(C)CC1CCC(c2ccc(-c3cc(F)c(-c4nc5ccc(C(C)F)cc5[nH]4)cc3F)cc2)CC1. The number of hydrogen-bond donors (Lipinski definition) is 1. The number of benzene rings is 3. The maximum absolute atomic E-state index is 15.2. The molecule has 2 nitrogen and oxygen atoms in total. The molecule has 5 heteroatoms. The highest BCUT2D eigenvalue weighted by Crippen LogP contribution is 2.39. The Balaban J connectivity index is 1.36. The van der Waals surface area contributed by atoms with Crippen molar-refractivity contribution in [3.8, 4) is 22.5 Å². The molecule has 1 N–H and O–H groups in total. The summed E-state index contributed by atoms with van der Waals surface area (Å²) in [6.45, 7) is 7.59. The number of aromatic amines is 1. The summed E-state index contributed by atoms with van der Waals surface area (Å²) in [6, 6.07) is 15.2. The molecule has 1 saturated carbocycles. The van der Waals surface area contributed by atoms with Gasteiger partial charge in [0.05, 0.1) is 16.6 Å². The number of halogens is 3. The number of allylic oxidation sites excluding steroid dienone is 1. The van der Waals surface area contributed by atoms with E-state index in [1.165, 1.54) is 43.0 Å². The van der Waals surface area contributed by atoms with Crippen LogP contribution in [0, 0.1) is 17.6 Å². The molecule has 0 aliphatic heterocycles. The summed E-state index contributed by atoms with van der Waals surface area (Å²) in [6.07, 6.45) is 4.69. The number of hydrogen-bond acceptors (Lipinski definition) is 1. The van der Waals surface area contributed by atoms with Gasteiger partial charge >= 0.3 is 0 Å². The van der Waals surface area contributed by atoms with Gasteiger partial charge in [0.2, 0.25) is 0 Å². The van der Waals surface area contributed by atoms with E-state index in [2.05, 4.69) is 23.5 Å². The van der Waals surface area contributed by atoms with Crippen molar-refractivity contribution in [2.24, 2.45) is 5.92 Å². The van der Waals surface area contributed by atoms with Gasteiger partial charge < -0.3 is 4.98 Å². The second kappa shape index (κ2) is 9.96. The largest absolute Gasteiger partial charge is 0.338 e. The molecule has 3 aromatic carbocycles. The molecule has 1 fully saturated rings. The number of nitrogens with one attached hydrogen (secondary N) is 1. The first-order valence-corrected chi connectivity index (χ1v) is 12.7. The predicted molar refractivity (Wildman–Crippen MR) is 141 cm³/mol. The van der Waals surface area contributed by atoms with Gasteiger partial charge in [-0.2, -0.15) is 0 Å². The van der Waals surface area contributed by atoms with Crippen LogP contribution in [0.4, 0.5) is 13.2 Å². The monoisotopic (exact) mass is 488 g/mol. The van der Waals surface area contributed by atoms with E-state index in [-0.39, 0.29) is 17.0 Å². The molecule has 0 amide bonds. The van der Waals surface area contributed by atoms with E-state index in [9.17, 15) is 4.39 Å². The zero-order valence-corrected chi connectivity index (χ0v) is 20.8. The van der Waals surface area contributed by atoms with E-state index < -0.39 is 17.8 Å². The summed E-state index contributed by atoms with van der Waals surface area (Å²) in [5.74, 6) is 0.379. The highest BCUT2D eigenvalue weighted by Gasteiger charge is 2.23. The highest BCUT2D eigenvalue weighted by molar-refractivity contribution is 5.81. The van der Waals surface area contributed by atoms with Gasteiger partial charge in [0.15, 0.2) is 0 Å². The minimum Gasteiger partial charge on any atom is -0.338 e. The number of alkyl halides is 1. The number of H-pyrrole nitrogens is 1. The van der Waals surface area contributed by atoms with E-state index in [1.807, 2.05) is 24.3 Å². The third-order valence-electron chi connectivity index (χ3n) is 7.45. The molecule has 1 aliphatic carbocycles. The maximum atomic E-state index is 15.2. The fourth-order valence-electron chi connectivity index (χ4n) is 5.48. The van der Waals surface area contributed by atoms with Gasteiger partial charge in [-0.15, -0.1) is 6.58 Å². The lowest BCUT2D eigenvalue weighted by atomic mass is 9.76. The molecule has 36 heavy (non-hydrogen) atoms. The van der Waals surface area contributed by atoms with Gasteiger partial charge in [-0.25, -0.2) is 18.2 Å². The molecule has 1 unspecified atom stereocenters. The Morgan fingerprint density at radius 2 is 1.64 bits per heavy atom. The van der Waals surface area contributed by atoms with E-state index in [0.29, 0.717) is 28.1 Å². The predicted octanol–water partition coefficient (Wildman–Crippen LogP) is 9.45. The van der Waals surface area contributed by atoms with E-state index in [4.69, 9.17) is 0 Å². The molecule has 1 aliphatic rings. The number of aromatic nitrogens is 2. The lowest BCUT2D eigenvalue weighted by Gasteiger charge is -2.29. The first-order chi connectivity index (χ1) is 17.3. The molecule has 5 rings (SSSR count). The van der Waals surface area contributed by atoms with Crippen molar-refractivity contribution in [2.45, 2.75) is 58.0 Å². The Labute approximate surface area is 210 Å². The van der Waals surface area contributed by atoms with Crippen LogP contribution in [0.2, 0.25) is 0 Å². The van der Waals surface area contributed by atoms with Gasteiger partial charge in [0.25, 0.3) is 0 Å². The fraction of sp³-hybridized carbons (Fsp3) is 0.323. The number of imidazole rings is 1. The summed E-state index contributed by atoms with van der Waals surface area (Å²) >= 11 is 0. The number of nitrogens with zero attached hydrogens (tertiary/aromatic N) is 1. The third-order valence-corrected chi connectivity index (χ3v) is 7.45. The van der Waals surface area contributed by atoms with Crippen molar-refractivity contribution in [3.63, 3.8) is 0 Å². The Morgan fingerprint density at radius 3 is 2.31 bits per heavy atom. The average Bonchev–Trinajstić information content (AvgIpc) is 3.28. The Bertz CT molecular complexity index is 1390. The van der Waals surface area contributed by atoms with Gasteiger partial charge in [0, 0.05) is 5.56 Å². The van der Waals surface area contributed by atoms with Crippen LogP contribution in [0.25, 0.3) is 33.5 Å². The minimum atomic E-state index is -1.13. The Hall–Kier alpha value is -3.34. The van der Waals surface area contributed by atoms with Crippen LogP contribution >= 0.6 is 0 Å². The standard InChI is InChI=1S/C31H31F3N2/c1-18(2)14-20-4-6-21(7-5-20)22-8-10-23(11-9-22)25-16-28(34)26(17-27(25)33)31-35-29-13-12-24(19(3)32)15-30(29)36-31/h8-13,15-17,19-21H,1,4-7,14H2,2-3H3,(H,35,36). The topological polar surface area (TPSA) is 28.7 Å². The lowest BCUT2D eigenvalue weighted by Crippen LogP contribution is -2.13. The molecular formula is C31H31F3N2. The quantitative estimate of drug-likeness (QED) is 0.269. The molecular weight excluding hydrogens is 457 g/mol. The second-order valence-electron chi connectivity index (χ2n) is 10.3. The second-order valence-corrected chi connectivity index (χ2v) is 10.3. The summed E-state index contributed by atoms with van der Waals surface area (Å²) in [5.41, 5.74) is 5.08. The summed E-state index contributed by atoms with van der Waals surface area (Å²) in [4.78, 5) is 7.38. The molecule has 0 spiro atoms. The maximum Gasteiger partial charge on any atom is 0.141 e. The first kappa shape index (κ1) is 24.4. The molecule has 0 radical (unpaired) electrons. The van der Waals surface area contributed by atoms with Crippen molar-refractivity contribution < 1.29 is 13.2 Å². The zero-order chi connectivity index (χ0) is 25.4. The molecule has 186 valence electrons. The van der Waals surface area contributed by atoms with Crippen LogP contribution in [0.15, 0.2) is 66.7 Å². The lowest BCUT2D eigenvalue weighted by molar-refractivity contribution is 0.324. The van der Waals surface area contributed by atoms with Crippen LogP contribution in [0.5, 0.6) is 0 Å². The van der Waals surface area contributed by atoms with Crippen molar-refractivity contribution in [1.82, 2.24) is 9.97 Å².